The molecule has 0 aliphatic carbocycles. The molecular weight excluding hydrogens is 352 g/mol. The number of morpholine rings is 1. The van der Waals surface area contributed by atoms with Gasteiger partial charge in [0.1, 0.15) is 0 Å². The summed E-state index contributed by atoms with van der Waals surface area (Å²) in [4.78, 5) is 6.82. The Morgan fingerprint density at radius 1 is 0.923 bits per heavy atom. The molecule has 0 bridgehead atoms. The van der Waals surface area contributed by atoms with Crippen LogP contribution >= 0.6 is 12.4 Å². The number of aromatic nitrogens is 2. The zero-order valence-electron chi connectivity index (χ0n) is 14.3. The van der Waals surface area contributed by atoms with E-state index in [0.29, 0.717) is 18.3 Å². The molecule has 26 heavy (non-hydrogen) atoms. The molecule has 2 heterocycles. The Labute approximate surface area is 158 Å². The summed E-state index contributed by atoms with van der Waals surface area (Å²) in [6.45, 7) is 3.91. The van der Waals surface area contributed by atoms with Crippen molar-refractivity contribution in [3.05, 3.63) is 54.1 Å². The number of ether oxygens (including phenoxy) is 1. The number of nitrogens with zero attached hydrogens (tertiary/aromatic N) is 3. The molecule has 0 amide bonds. The molecule has 0 spiro atoms. The number of hydrogen-bond donors (Lipinski definition) is 1. The quantitative estimate of drug-likeness (QED) is 0.758. The van der Waals surface area contributed by atoms with E-state index in [-0.39, 0.29) is 12.4 Å². The molecule has 1 aromatic heterocycles. The maximum Gasteiger partial charge on any atom is 0.258 e. The highest BCUT2D eigenvalue weighted by atomic mass is 35.5. The summed E-state index contributed by atoms with van der Waals surface area (Å²) in [5.74, 6) is 1.10. The summed E-state index contributed by atoms with van der Waals surface area (Å²) in [5.41, 5.74) is 9.71. The maximum absolute atomic E-state index is 5.62. The highest BCUT2D eigenvalue weighted by molar-refractivity contribution is 5.85. The number of rotatable bonds is 4. The van der Waals surface area contributed by atoms with Crippen LogP contribution in [0.1, 0.15) is 5.56 Å². The van der Waals surface area contributed by atoms with E-state index in [9.17, 15) is 0 Å². The van der Waals surface area contributed by atoms with Crippen molar-refractivity contribution in [1.82, 2.24) is 10.1 Å². The van der Waals surface area contributed by atoms with Crippen LogP contribution in [0.5, 0.6) is 0 Å². The largest absolute Gasteiger partial charge is 0.378 e. The number of anilines is 1. The normalized spacial score (nSPS) is 14.1. The van der Waals surface area contributed by atoms with Gasteiger partial charge in [-0.05, 0) is 29.8 Å². The second kappa shape index (κ2) is 8.31. The number of halogens is 1. The first-order chi connectivity index (χ1) is 12.3. The van der Waals surface area contributed by atoms with E-state index in [1.165, 1.54) is 5.69 Å². The van der Waals surface area contributed by atoms with E-state index in [1.807, 2.05) is 36.4 Å². The summed E-state index contributed by atoms with van der Waals surface area (Å²) in [7, 11) is 0. The van der Waals surface area contributed by atoms with Crippen LogP contribution < -0.4 is 10.6 Å². The van der Waals surface area contributed by atoms with Crippen molar-refractivity contribution in [2.45, 2.75) is 6.54 Å². The Hall–Kier alpha value is -2.41. The van der Waals surface area contributed by atoms with Crippen molar-refractivity contribution in [3.63, 3.8) is 0 Å². The van der Waals surface area contributed by atoms with Gasteiger partial charge in [0.05, 0.1) is 13.2 Å². The lowest BCUT2D eigenvalue weighted by atomic mass is 10.1. The molecule has 4 rings (SSSR count). The molecule has 2 N–H and O–H groups in total. The minimum absolute atomic E-state index is 0. The predicted octanol–water partition coefficient (Wildman–Crippen LogP) is 3.12. The first-order valence-electron chi connectivity index (χ1n) is 8.40. The summed E-state index contributed by atoms with van der Waals surface area (Å²) in [6, 6.07) is 16.1. The maximum atomic E-state index is 5.62. The fourth-order valence-corrected chi connectivity index (χ4v) is 2.88. The lowest BCUT2D eigenvalue weighted by Crippen LogP contribution is -2.36. The van der Waals surface area contributed by atoms with Crippen LogP contribution in [0.3, 0.4) is 0 Å². The summed E-state index contributed by atoms with van der Waals surface area (Å²) >= 11 is 0. The lowest BCUT2D eigenvalue weighted by Gasteiger charge is -2.28. The van der Waals surface area contributed by atoms with E-state index >= 15 is 0 Å². The van der Waals surface area contributed by atoms with Crippen molar-refractivity contribution < 1.29 is 9.26 Å². The van der Waals surface area contributed by atoms with E-state index in [2.05, 4.69) is 27.2 Å². The van der Waals surface area contributed by atoms with Crippen LogP contribution in [-0.2, 0) is 11.3 Å². The van der Waals surface area contributed by atoms with Crippen LogP contribution in [0, 0.1) is 0 Å². The van der Waals surface area contributed by atoms with Gasteiger partial charge in [-0.2, -0.15) is 4.98 Å². The Bertz CT molecular complexity index is 828. The molecule has 3 aromatic rings. The molecule has 0 unspecified atom stereocenters. The molecule has 7 heteroatoms. The van der Waals surface area contributed by atoms with Gasteiger partial charge in [-0.25, -0.2) is 0 Å². The van der Waals surface area contributed by atoms with Crippen molar-refractivity contribution in [2.75, 3.05) is 31.2 Å². The number of hydrogen-bond acceptors (Lipinski definition) is 6. The Morgan fingerprint density at radius 3 is 2.23 bits per heavy atom. The van der Waals surface area contributed by atoms with Crippen molar-refractivity contribution in [3.8, 4) is 22.8 Å². The highest BCUT2D eigenvalue weighted by Gasteiger charge is 2.13. The second-order valence-electron chi connectivity index (χ2n) is 5.97. The SMILES string of the molecule is Cl.NCc1ccc(-c2noc(-c3ccc(N4CCOCC4)cc3)n2)cc1. The summed E-state index contributed by atoms with van der Waals surface area (Å²) < 4.78 is 10.8. The topological polar surface area (TPSA) is 77.4 Å². The van der Waals surface area contributed by atoms with Crippen molar-refractivity contribution in [1.29, 1.82) is 0 Å². The van der Waals surface area contributed by atoms with Gasteiger partial charge in [0.25, 0.3) is 5.89 Å². The van der Waals surface area contributed by atoms with Gasteiger partial charge in [-0.1, -0.05) is 29.4 Å². The van der Waals surface area contributed by atoms with Gasteiger partial charge in [0, 0.05) is 36.4 Å². The summed E-state index contributed by atoms with van der Waals surface area (Å²) in [5, 5.41) is 4.09. The Balaban J connectivity index is 0.00000196. The summed E-state index contributed by atoms with van der Waals surface area (Å²) in [6.07, 6.45) is 0. The molecule has 2 aromatic carbocycles. The van der Waals surface area contributed by atoms with Crippen molar-refractivity contribution in [2.24, 2.45) is 5.73 Å². The molecule has 1 fully saturated rings. The zero-order valence-corrected chi connectivity index (χ0v) is 15.1. The number of benzene rings is 2. The minimum atomic E-state index is 0. The molecule has 1 aliphatic heterocycles. The third-order valence-corrected chi connectivity index (χ3v) is 4.36. The van der Waals surface area contributed by atoms with E-state index in [1.54, 1.807) is 0 Å². The third kappa shape index (κ3) is 3.88. The van der Waals surface area contributed by atoms with Gasteiger partial charge >= 0.3 is 0 Å². The number of nitrogens with two attached hydrogens (primary N) is 1. The monoisotopic (exact) mass is 372 g/mol. The molecule has 0 atom stereocenters. The van der Waals surface area contributed by atoms with Crippen LogP contribution in [0.4, 0.5) is 5.69 Å². The Morgan fingerprint density at radius 2 is 1.58 bits per heavy atom. The van der Waals surface area contributed by atoms with Crippen LogP contribution in [0.25, 0.3) is 22.8 Å². The molecule has 0 radical (unpaired) electrons. The van der Waals surface area contributed by atoms with Crippen LogP contribution in [0.15, 0.2) is 53.1 Å². The predicted molar refractivity (Wildman–Crippen MR) is 103 cm³/mol. The Kier molecular flexibility index (Phi) is 5.88. The minimum Gasteiger partial charge on any atom is -0.378 e. The van der Waals surface area contributed by atoms with E-state index in [4.69, 9.17) is 15.0 Å². The van der Waals surface area contributed by atoms with E-state index in [0.717, 1.165) is 43.0 Å². The van der Waals surface area contributed by atoms with Gasteiger partial charge in [0.15, 0.2) is 0 Å². The average molecular weight is 373 g/mol. The van der Waals surface area contributed by atoms with Crippen LogP contribution in [0.2, 0.25) is 0 Å². The fourth-order valence-electron chi connectivity index (χ4n) is 2.88. The van der Waals surface area contributed by atoms with Gasteiger partial charge in [-0.15, -0.1) is 12.4 Å². The smallest absolute Gasteiger partial charge is 0.258 e. The van der Waals surface area contributed by atoms with E-state index < -0.39 is 0 Å². The third-order valence-electron chi connectivity index (χ3n) is 4.36. The highest BCUT2D eigenvalue weighted by Crippen LogP contribution is 2.25. The first-order valence-corrected chi connectivity index (χ1v) is 8.40. The lowest BCUT2D eigenvalue weighted by molar-refractivity contribution is 0.122. The van der Waals surface area contributed by atoms with Gasteiger partial charge in [-0.3, -0.25) is 0 Å². The first kappa shape index (κ1) is 18.4. The molecule has 1 aliphatic rings. The van der Waals surface area contributed by atoms with Gasteiger partial charge in [0.2, 0.25) is 5.82 Å². The van der Waals surface area contributed by atoms with Crippen molar-refractivity contribution >= 4 is 18.1 Å². The zero-order chi connectivity index (χ0) is 17.1. The fraction of sp³-hybridized carbons (Fsp3) is 0.263. The molecule has 6 nitrogen and oxygen atoms in total. The van der Waals surface area contributed by atoms with Gasteiger partial charge < -0.3 is 19.9 Å². The molecule has 0 saturated carbocycles. The average Bonchev–Trinajstić information content (AvgIpc) is 3.19. The second-order valence-corrected chi connectivity index (χ2v) is 5.97. The van der Waals surface area contributed by atoms with Crippen LogP contribution in [-0.4, -0.2) is 36.4 Å². The molecule has 1 saturated heterocycles. The molecule has 136 valence electrons. The standard InChI is InChI=1S/C19H20N4O2.ClH/c20-13-14-1-3-15(4-2-14)18-21-19(25-22-18)16-5-7-17(8-6-16)23-9-11-24-12-10-23;/h1-8H,9-13,20H2;1H. The molecular formula is C19H21ClN4O2.